The number of fused-ring (bicyclic) bond motifs is 2. The number of carbonyl (C=O) groups is 3. The van der Waals surface area contributed by atoms with E-state index < -0.39 is 22.4 Å². The Balaban J connectivity index is 1.21. The fraction of sp³-hybridized carbons (Fsp3) is 0.174. The van der Waals surface area contributed by atoms with E-state index in [1.54, 1.807) is 4.52 Å². The molecule has 0 unspecified atom stereocenters. The van der Waals surface area contributed by atoms with Crippen LogP contribution >= 0.6 is 11.3 Å². The first-order chi connectivity index (χ1) is 16.8. The van der Waals surface area contributed by atoms with E-state index in [-0.39, 0.29) is 42.4 Å². The summed E-state index contributed by atoms with van der Waals surface area (Å²) in [6.45, 7) is 1.97. The van der Waals surface area contributed by atoms with Crippen molar-refractivity contribution in [3.63, 3.8) is 0 Å². The molecule has 0 atom stereocenters. The minimum atomic E-state index is -0.725. The minimum absolute atomic E-state index is 0.000290. The normalized spacial score (nSPS) is 12.9. The van der Waals surface area contributed by atoms with Crippen molar-refractivity contribution >= 4 is 45.7 Å². The number of imide groups is 1. The molecule has 0 saturated heterocycles. The van der Waals surface area contributed by atoms with Crippen LogP contribution in [0.3, 0.4) is 0 Å². The van der Waals surface area contributed by atoms with Gasteiger partial charge in [-0.15, -0.1) is 16.4 Å². The molecule has 4 aromatic rings. The molecule has 5 rings (SSSR count). The largest absolute Gasteiger partial charge is 0.293 e. The summed E-state index contributed by atoms with van der Waals surface area (Å²) in [5.74, 6) is -1.54. The van der Waals surface area contributed by atoms with Crippen molar-refractivity contribution in [3.05, 3.63) is 74.6 Å². The molecule has 1 aliphatic heterocycles. The van der Waals surface area contributed by atoms with Crippen molar-refractivity contribution in [3.8, 4) is 11.3 Å². The van der Waals surface area contributed by atoms with Gasteiger partial charge in [0.05, 0.1) is 16.2 Å². The van der Waals surface area contributed by atoms with Crippen LogP contribution in [0.15, 0.2) is 47.8 Å². The van der Waals surface area contributed by atoms with Crippen molar-refractivity contribution in [2.45, 2.75) is 19.8 Å². The zero-order valence-electron chi connectivity index (χ0n) is 18.4. The number of thiazole rings is 1. The van der Waals surface area contributed by atoms with E-state index in [0.717, 1.165) is 21.7 Å². The average Bonchev–Trinajstić information content (AvgIpc) is 3.47. The number of carbonyl (C=O) groups excluding carboxylic acids is 3. The number of amides is 3. The number of hydrogen-bond donors (Lipinski definition) is 1. The zero-order chi connectivity index (χ0) is 24.7. The molecule has 0 spiro atoms. The maximum Gasteiger partial charge on any atom is 0.282 e. The fourth-order valence-corrected chi connectivity index (χ4v) is 4.74. The van der Waals surface area contributed by atoms with E-state index >= 15 is 0 Å². The van der Waals surface area contributed by atoms with Gasteiger partial charge in [0, 0.05) is 30.0 Å². The number of benzene rings is 2. The van der Waals surface area contributed by atoms with Gasteiger partial charge >= 0.3 is 0 Å². The van der Waals surface area contributed by atoms with Crippen LogP contribution in [0.1, 0.15) is 39.1 Å². The molecular formula is C23H18N6O5S. The van der Waals surface area contributed by atoms with Gasteiger partial charge in [0.15, 0.2) is 0 Å². The number of nitro groups is 1. The van der Waals surface area contributed by atoms with Gasteiger partial charge in [0.25, 0.3) is 17.5 Å². The average molecular weight is 491 g/mol. The molecule has 12 heteroatoms. The number of nitro benzene ring substituents is 1. The molecule has 0 bridgehead atoms. The van der Waals surface area contributed by atoms with Crippen LogP contribution in [0, 0.1) is 17.0 Å². The predicted molar refractivity (Wildman–Crippen MR) is 127 cm³/mol. The number of rotatable bonds is 7. The Morgan fingerprint density at radius 2 is 1.91 bits per heavy atom. The van der Waals surface area contributed by atoms with Gasteiger partial charge in [-0.1, -0.05) is 35.9 Å². The first-order valence-corrected chi connectivity index (χ1v) is 11.6. The van der Waals surface area contributed by atoms with Crippen LogP contribution < -0.4 is 5.32 Å². The zero-order valence-corrected chi connectivity index (χ0v) is 19.2. The van der Waals surface area contributed by atoms with Crippen LogP contribution in [0.25, 0.3) is 16.2 Å². The smallest absolute Gasteiger partial charge is 0.282 e. The maximum atomic E-state index is 12.6. The van der Waals surface area contributed by atoms with Gasteiger partial charge < -0.3 is 0 Å². The van der Waals surface area contributed by atoms with Crippen LogP contribution in [-0.4, -0.2) is 48.7 Å². The topological polar surface area (TPSA) is 140 Å². The monoisotopic (exact) mass is 490 g/mol. The number of nitrogens with one attached hydrogen (secondary N) is 1. The molecule has 176 valence electrons. The Labute approximate surface area is 202 Å². The van der Waals surface area contributed by atoms with Crippen molar-refractivity contribution in [2.24, 2.45) is 0 Å². The molecule has 0 aliphatic carbocycles. The van der Waals surface area contributed by atoms with E-state index in [9.17, 15) is 24.5 Å². The molecule has 3 amide bonds. The highest BCUT2D eigenvalue weighted by Gasteiger charge is 2.40. The van der Waals surface area contributed by atoms with Gasteiger partial charge in [-0.25, -0.2) is 4.52 Å². The lowest BCUT2D eigenvalue weighted by molar-refractivity contribution is -0.385. The molecule has 2 aromatic heterocycles. The maximum absolute atomic E-state index is 12.6. The summed E-state index contributed by atoms with van der Waals surface area (Å²) in [5, 5.41) is 20.2. The second kappa shape index (κ2) is 8.72. The van der Waals surface area contributed by atoms with E-state index in [1.807, 2.05) is 36.6 Å². The second-order valence-electron chi connectivity index (χ2n) is 7.99. The Morgan fingerprint density at radius 3 is 2.66 bits per heavy atom. The summed E-state index contributed by atoms with van der Waals surface area (Å²) in [4.78, 5) is 54.0. The SMILES string of the molecule is Cc1ccc(-c2csc3nc(NC(=O)CCCN4C(=O)c5cccc([N+](=O)[O-])c5C4=O)nn23)cc1. The molecule has 0 radical (unpaired) electrons. The number of anilines is 1. The fourth-order valence-electron chi connectivity index (χ4n) is 3.91. The molecule has 3 heterocycles. The van der Waals surface area contributed by atoms with Gasteiger partial charge in [0.2, 0.25) is 16.8 Å². The Morgan fingerprint density at radius 1 is 1.14 bits per heavy atom. The molecule has 35 heavy (non-hydrogen) atoms. The van der Waals surface area contributed by atoms with Crippen LogP contribution in [0.4, 0.5) is 11.6 Å². The Hall–Kier alpha value is -4.45. The first kappa shape index (κ1) is 22.3. The van der Waals surface area contributed by atoms with Crippen molar-refractivity contribution in [2.75, 3.05) is 11.9 Å². The van der Waals surface area contributed by atoms with Crippen LogP contribution in [0.2, 0.25) is 0 Å². The summed E-state index contributed by atoms with van der Waals surface area (Å²) < 4.78 is 1.66. The van der Waals surface area contributed by atoms with Gasteiger partial charge in [-0.3, -0.25) is 34.7 Å². The van der Waals surface area contributed by atoms with Crippen LogP contribution in [0.5, 0.6) is 0 Å². The third-order valence-corrected chi connectivity index (χ3v) is 6.46. The van der Waals surface area contributed by atoms with Crippen molar-refractivity contribution in [1.82, 2.24) is 19.5 Å². The van der Waals surface area contributed by atoms with E-state index in [4.69, 9.17) is 0 Å². The number of aromatic nitrogens is 3. The molecule has 0 fully saturated rings. The predicted octanol–water partition coefficient (Wildman–Crippen LogP) is 3.69. The summed E-state index contributed by atoms with van der Waals surface area (Å²) in [5.41, 5.74) is 2.37. The Kier molecular flexibility index (Phi) is 5.57. The molecule has 2 aromatic carbocycles. The summed E-state index contributed by atoms with van der Waals surface area (Å²) >= 11 is 1.40. The molecule has 1 N–H and O–H groups in total. The van der Waals surface area contributed by atoms with E-state index in [0.29, 0.717) is 4.96 Å². The van der Waals surface area contributed by atoms with E-state index in [1.165, 1.54) is 29.5 Å². The number of aryl methyl sites for hydroxylation is 1. The van der Waals surface area contributed by atoms with E-state index in [2.05, 4.69) is 15.4 Å². The first-order valence-electron chi connectivity index (χ1n) is 10.7. The standard InChI is InChI=1S/C23H18N6O5S/c1-13-7-9-14(10-8-13)17-12-35-23-25-22(26-28(17)23)24-18(30)6-3-11-27-20(31)15-4-2-5-16(29(33)34)19(15)21(27)32/h2,4-5,7-10,12H,3,6,11H2,1H3,(H,24,26,30). The molecule has 11 nitrogen and oxygen atoms in total. The number of nitrogens with zero attached hydrogens (tertiary/aromatic N) is 5. The van der Waals surface area contributed by atoms with Gasteiger partial charge in [0.1, 0.15) is 5.56 Å². The molecular weight excluding hydrogens is 472 g/mol. The minimum Gasteiger partial charge on any atom is -0.293 e. The quantitative estimate of drug-likeness (QED) is 0.237. The van der Waals surface area contributed by atoms with Gasteiger partial charge in [-0.05, 0) is 19.4 Å². The Bertz CT molecular complexity index is 1510. The van der Waals surface area contributed by atoms with Crippen molar-refractivity contribution < 1.29 is 19.3 Å². The molecule has 1 aliphatic rings. The highest BCUT2D eigenvalue weighted by molar-refractivity contribution is 7.15. The highest BCUT2D eigenvalue weighted by Crippen LogP contribution is 2.31. The lowest BCUT2D eigenvalue weighted by Crippen LogP contribution is -2.31. The second-order valence-corrected chi connectivity index (χ2v) is 8.82. The lowest BCUT2D eigenvalue weighted by Gasteiger charge is -2.13. The van der Waals surface area contributed by atoms with Crippen LogP contribution in [-0.2, 0) is 4.79 Å². The summed E-state index contributed by atoms with van der Waals surface area (Å²) in [6, 6.07) is 11.9. The van der Waals surface area contributed by atoms with Gasteiger partial charge in [-0.2, -0.15) is 4.98 Å². The third kappa shape index (κ3) is 4.04. The summed E-state index contributed by atoms with van der Waals surface area (Å²) in [7, 11) is 0. The van der Waals surface area contributed by atoms with Crippen molar-refractivity contribution in [1.29, 1.82) is 0 Å². The summed E-state index contributed by atoms with van der Waals surface area (Å²) in [6.07, 6.45) is 0.190. The number of hydrogen-bond acceptors (Lipinski definition) is 8. The lowest BCUT2D eigenvalue weighted by atomic mass is 10.1. The third-order valence-electron chi connectivity index (χ3n) is 5.64. The highest BCUT2D eigenvalue weighted by atomic mass is 32.1. The molecule has 0 saturated carbocycles.